The first-order valence-electron chi connectivity index (χ1n) is 8.04. The second kappa shape index (κ2) is 8.24. The van der Waals surface area contributed by atoms with Gasteiger partial charge < -0.3 is 5.11 Å². The van der Waals surface area contributed by atoms with Crippen molar-refractivity contribution < 1.29 is 9.90 Å². The molecular formula is C19H16Cl2N4O2. The molecule has 0 spiro atoms. The Hall–Kier alpha value is -2.83. The summed E-state index contributed by atoms with van der Waals surface area (Å²) in [6.07, 6.45) is 1.45. The molecule has 27 heavy (non-hydrogen) atoms. The Morgan fingerprint density at radius 2 is 2.00 bits per heavy atom. The Morgan fingerprint density at radius 3 is 2.70 bits per heavy atom. The van der Waals surface area contributed by atoms with Crippen LogP contribution in [0, 0.1) is 6.92 Å². The first kappa shape index (κ1) is 18.9. The van der Waals surface area contributed by atoms with Crippen LogP contribution in [0.15, 0.2) is 53.6 Å². The summed E-state index contributed by atoms with van der Waals surface area (Å²) in [6, 6.07) is 13.4. The van der Waals surface area contributed by atoms with Gasteiger partial charge in [0, 0.05) is 10.6 Å². The molecule has 0 atom stereocenters. The number of nitrogens with one attached hydrogen (secondary N) is 1. The number of carbonyl (C=O) groups is 1. The highest BCUT2D eigenvalue weighted by atomic mass is 35.5. The summed E-state index contributed by atoms with van der Waals surface area (Å²) in [6.45, 7) is 2.29. The number of aromatic nitrogens is 2. The van der Waals surface area contributed by atoms with Gasteiger partial charge in [-0.1, -0.05) is 41.4 Å². The van der Waals surface area contributed by atoms with E-state index >= 15 is 0 Å². The molecule has 0 radical (unpaired) electrons. The van der Waals surface area contributed by atoms with Crippen molar-refractivity contribution in [3.63, 3.8) is 0 Å². The van der Waals surface area contributed by atoms with Crippen molar-refractivity contribution in [1.82, 2.24) is 15.2 Å². The van der Waals surface area contributed by atoms with Crippen LogP contribution in [-0.2, 0) is 6.54 Å². The monoisotopic (exact) mass is 402 g/mol. The fraction of sp³-hybridized carbons (Fsp3) is 0.105. The van der Waals surface area contributed by atoms with Crippen molar-refractivity contribution in [2.24, 2.45) is 5.10 Å². The summed E-state index contributed by atoms with van der Waals surface area (Å²) in [5.41, 5.74) is 5.00. The largest absolute Gasteiger partial charge is 0.508 e. The highest BCUT2D eigenvalue weighted by Gasteiger charge is 2.12. The molecule has 6 nitrogen and oxygen atoms in total. The number of hydrogen-bond acceptors (Lipinski definition) is 4. The molecule has 1 heterocycles. The zero-order valence-electron chi connectivity index (χ0n) is 14.4. The number of hydrogen-bond donors (Lipinski definition) is 2. The van der Waals surface area contributed by atoms with E-state index in [4.69, 9.17) is 23.2 Å². The predicted octanol–water partition coefficient (Wildman–Crippen LogP) is 4.02. The molecule has 1 aromatic heterocycles. The number of hydrazone groups is 1. The highest BCUT2D eigenvalue weighted by Crippen LogP contribution is 2.20. The van der Waals surface area contributed by atoms with E-state index in [1.54, 1.807) is 28.9 Å². The molecule has 1 amide bonds. The van der Waals surface area contributed by atoms with Crippen LogP contribution in [0.2, 0.25) is 10.2 Å². The van der Waals surface area contributed by atoms with Crippen LogP contribution >= 0.6 is 23.2 Å². The van der Waals surface area contributed by atoms with Gasteiger partial charge in [-0.25, -0.2) is 10.1 Å². The summed E-state index contributed by atoms with van der Waals surface area (Å²) < 4.78 is 1.65. The zero-order valence-corrected chi connectivity index (χ0v) is 15.9. The molecular weight excluding hydrogens is 387 g/mol. The van der Waals surface area contributed by atoms with E-state index in [0.29, 0.717) is 33.5 Å². The van der Waals surface area contributed by atoms with E-state index in [0.717, 1.165) is 5.56 Å². The normalized spacial score (nSPS) is 11.1. The van der Waals surface area contributed by atoms with Gasteiger partial charge in [0.25, 0.3) is 5.91 Å². The zero-order chi connectivity index (χ0) is 19.4. The molecule has 0 bridgehead atoms. The summed E-state index contributed by atoms with van der Waals surface area (Å²) in [7, 11) is 0. The van der Waals surface area contributed by atoms with Gasteiger partial charge in [-0.2, -0.15) is 10.2 Å². The average Bonchev–Trinajstić information content (AvgIpc) is 2.91. The van der Waals surface area contributed by atoms with Crippen molar-refractivity contribution >= 4 is 35.3 Å². The lowest BCUT2D eigenvalue weighted by Crippen LogP contribution is -2.17. The number of halogens is 2. The van der Waals surface area contributed by atoms with E-state index in [1.165, 1.54) is 18.3 Å². The van der Waals surface area contributed by atoms with Crippen LogP contribution < -0.4 is 5.43 Å². The Labute approximate surface area is 166 Å². The lowest BCUT2D eigenvalue weighted by Gasteiger charge is -2.03. The van der Waals surface area contributed by atoms with Gasteiger partial charge in [0.1, 0.15) is 10.9 Å². The molecule has 0 unspecified atom stereocenters. The van der Waals surface area contributed by atoms with E-state index in [1.807, 2.05) is 19.1 Å². The fourth-order valence-electron chi connectivity index (χ4n) is 2.45. The van der Waals surface area contributed by atoms with Crippen LogP contribution in [0.5, 0.6) is 5.75 Å². The SMILES string of the molecule is Cc1nn(Cc2ccc(Cl)cc2)c(Cl)c1/C=N\NC(=O)c1cccc(O)c1. The van der Waals surface area contributed by atoms with Crippen LogP contribution in [0.1, 0.15) is 27.2 Å². The Morgan fingerprint density at radius 1 is 1.26 bits per heavy atom. The molecule has 0 saturated carbocycles. The molecule has 2 N–H and O–H groups in total. The van der Waals surface area contributed by atoms with Crippen molar-refractivity contribution in [1.29, 1.82) is 0 Å². The number of phenols is 1. The molecule has 0 saturated heterocycles. The first-order chi connectivity index (χ1) is 12.9. The van der Waals surface area contributed by atoms with Crippen molar-refractivity contribution in [2.75, 3.05) is 0 Å². The van der Waals surface area contributed by atoms with Crippen LogP contribution in [0.3, 0.4) is 0 Å². The fourth-order valence-corrected chi connectivity index (χ4v) is 2.86. The van der Waals surface area contributed by atoms with Gasteiger partial charge in [-0.3, -0.25) is 4.79 Å². The van der Waals surface area contributed by atoms with E-state index in [9.17, 15) is 9.90 Å². The quantitative estimate of drug-likeness (QED) is 0.499. The molecule has 3 aromatic rings. The summed E-state index contributed by atoms with van der Waals surface area (Å²) in [5, 5.41) is 18.9. The second-order valence-corrected chi connectivity index (χ2v) is 6.62. The van der Waals surface area contributed by atoms with E-state index in [2.05, 4.69) is 15.6 Å². The number of aromatic hydroxyl groups is 1. The number of amides is 1. The maximum Gasteiger partial charge on any atom is 0.271 e. The van der Waals surface area contributed by atoms with Crippen LogP contribution in [0.25, 0.3) is 0 Å². The number of benzene rings is 2. The van der Waals surface area contributed by atoms with Crippen molar-refractivity contribution in [2.45, 2.75) is 13.5 Å². The predicted molar refractivity (Wildman–Crippen MR) is 106 cm³/mol. The molecule has 3 rings (SSSR count). The van der Waals surface area contributed by atoms with Crippen molar-refractivity contribution in [3.05, 3.63) is 81.1 Å². The number of phenolic OH excluding ortho intramolecular Hbond substituents is 1. The maximum atomic E-state index is 12.0. The minimum Gasteiger partial charge on any atom is -0.508 e. The standard InChI is InChI=1S/C19H16Cl2N4O2/c1-12-17(10-22-23-19(27)14-3-2-4-16(26)9-14)18(21)25(24-12)11-13-5-7-15(20)8-6-13/h2-10,26H,11H2,1H3,(H,23,27)/b22-10-. The van der Waals surface area contributed by atoms with Crippen LogP contribution in [-0.4, -0.2) is 27.0 Å². The highest BCUT2D eigenvalue weighted by molar-refractivity contribution is 6.32. The third kappa shape index (κ3) is 4.67. The summed E-state index contributed by atoms with van der Waals surface area (Å²) in [4.78, 5) is 12.0. The molecule has 0 fully saturated rings. The molecule has 0 aliphatic heterocycles. The Bertz CT molecular complexity index is 997. The lowest BCUT2D eigenvalue weighted by atomic mass is 10.2. The molecule has 138 valence electrons. The second-order valence-electron chi connectivity index (χ2n) is 5.82. The lowest BCUT2D eigenvalue weighted by molar-refractivity contribution is 0.0954. The van der Waals surface area contributed by atoms with Gasteiger partial charge in [0.2, 0.25) is 0 Å². The van der Waals surface area contributed by atoms with Gasteiger partial charge in [0.15, 0.2) is 0 Å². The number of carbonyl (C=O) groups excluding carboxylic acids is 1. The van der Waals surface area contributed by atoms with Gasteiger partial charge in [-0.05, 0) is 42.8 Å². The third-order valence-electron chi connectivity index (χ3n) is 3.82. The first-order valence-corrected chi connectivity index (χ1v) is 8.79. The number of nitrogens with zero attached hydrogens (tertiary/aromatic N) is 3. The number of aryl methyl sites for hydroxylation is 1. The topological polar surface area (TPSA) is 79.5 Å². The minimum atomic E-state index is -0.440. The minimum absolute atomic E-state index is 0.00833. The smallest absolute Gasteiger partial charge is 0.271 e. The molecule has 8 heteroatoms. The van der Waals surface area contributed by atoms with Crippen molar-refractivity contribution in [3.8, 4) is 5.75 Å². The average molecular weight is 403 g/mol. The van der Waals surface area contributed by atoms with Crippen LogP contribution in [0.4, 0.5) is 0 Å². The van der Waals surface area contributed by atoms with Gasteiger partial charge in [-0.15, -0.1) is 0 Å². The third-order valence-corrected chi connectivity index (χ3v) is 4.47. The van der Waals surface area contributed by atoms with E-state index < -0.39 is 5.91 Å². The number of rotatable bonds is 5. The molecule has 2 aromatic carbocycles. The summed E-state index contributed by atoms with van der Waals surface area (Å²) in [5.74, 6) is -0.432. The van der Waals surface area contributed by atoms with Gasteiger partial charge >= 0.3 is 0 Å². The molecule has 0 aliphatic carbocycles. The van der Waals surface area contributed by atoms with E-state index in [-0.39, 0.29) is 5.75 Å². The summed E-state index contributed by atoms with van der Waals surface area (Å²) >= 11 is 12.3. The Balaban J connectivity index is 1.71. The Kier molecular flexibility index (Phi) is 5.78. The molecule has 0 aliphatic rings. The van der Waals surface area contributed by atoms with Gasteiger partial charge in [0.05, 0.1) is 24.0 Å². The maximum absolute atomic E-state index is 12.0.